The van der Waals surface area contributed by atoms with Gasteiger partial charge in [-0.1, -0.05) is 6.92 Å². The summed E-state index contributed by atoms with van der Waals surface area (Å²) in [6, 6.07) is 4.00. The third-order valence-corrected chi connectivity index (χ3v) is 4.32. The van der Waals surface area contributed by atoms with Crippen LogP contribution in [0.3, 0.4) is 0 Å². The number of hydrogen-bond acceptors (Lipinski definition) is 3. The number of hydrogen-bond donors (Lipinski definition) is 2. The average molecular weight is 357 g/mol. The number of methoxy groups -OCH3 is 1. The fourth-order valence-electron chi connectivity index (χ4n) is 2.47. The summed E-state index contributed by atoms with van der Waals surface area (Å²) in [7, 11) is 1.54. The normalized spacial score (nSPS) is 21.2. The van der Waals surface area contributed by atoms with Crippen LogP contribution in [0.1, 0.15) is 13.3 Å². The molecule has 1 aromatic rings. The second-order valence-corrected chi connectivity index (χ2v) is 5.87. The molecule has 0 aromatic heterocycles. The lowest BCUT2D eigenvalue weighted by Crippen LogP contribution is -2.44. The number of ether oxygens (including phenoxy) is 1. The molecule has 1 fully saturated rings. The van der Waals surface area contributed by atoms with Crippen LogP contribution in [-0.2, 0) is 4.79 Å². The number of anilines is 1. The van der Waals surface area contributed by atoms with E-state index in [9.17, 15) is 14.7 Å². The van der Waals surface area contributed by atoms with E-state index in [4.69, 9.17) is 4.74 Å². The molecule has 2 amide bonds. The number of amides is 2. The average Bonchev–Trinajstić information content (AvgIpc) is 2.83. The molecule has 7 heteroatoms. The van der Waals surface area contributed by atoms with Crippen LogP contribution in [0, 0.1) is 5.92 Å². The minimum Gasteiger partial charge on any atom is -0.497 e. The number of carbonyl (C=O) groups excluding carboxylic acids is 1. The van der Waals surface area contributed by atoms with Crippen molar-refractivity contribution in [2.75, 3.05) is 19.0 Å². The molecule has 0 radical (unpaired) electrons. The van der Waals surface area contributed by atoms with Crippen LogP contribution in [0.4, 0.5) is 10.5 Å². The Morgan fingerprint density at radius 3 is 2.81 bits per heavy atom. The number of halogens is 1. The third-order valence-electron chi connectivity index (χ3n) is 3.63. The maximum Gasteiger partial charge on any atom is 0.326 e. The van der Waals surface area contributed by atoms with Gasteiger partial charge in [0.15, 0.2) is 0 Å². The fraction of sp³-hybridized carbons (Fsp3) is 0.429. The quantitative estimate of drug-likeness (QED) is 0.872. The number of carbonyl (C=O) groups is 2. The first-order valence-electron chi connectivity index (χ1n) is 6.58. The van der Waals surface area contributed by atoms with E-state index in [2.05, 4.69) is 21.2 Å². The monoisotopic (exact) mass is 356 g/mol. The summed E-state index contributed by atoms with van der Waals surface area (Å²) < 4.78 is 5.82. The number of rotatable bonds is 3. The van der Waals surface area contributed by atoms with Crippen molar-refractivity contribution in [2.45, 2.75) is 19.4 Å². The highest BCUT2D eigenvalue weighted by Crippen LogP contribution is 2.29. The van der Waals surface area contributed by atoms with E-state index in [1.807, 2.05) is 6.92 Å². The molecule has 1 aromatic carbocycles. The highest BCUT2D eigenvalue weighted by Gasteiger charge is 2.39. The standard InChI is InChI=1S/C14H17BrN2O4/c1-8-5-6-17(12(8)13(18)19)14(20)16-11-7-9(21-2)3-4-10(11)15/h3-4,7-8,12H,5-6H2,1-2H3,(H,16,20)(H,18,19). The predicted molar refractivity (Wildman–Crippen MR) is 81.6 cm³/mol. The lowest BCUT2D eigenvalue weighted by molar-refractivity contribution is -0.142. The predicted octanol–water partition coefficient (Wildman–Crippen LogP) is 2.78. The molecule has 2 atom stereocenters. The molecule has 2 unspecified atom stereocenters. The van der Waals surface area contributed by atoms with Crippen molar-refractivity contribution in [2.24, 2.45) is 5.92 Å². The van der Waals surface area contributed by atoms with Crippen molar-refractivity contribution in [3.8, 4) is 5.75 Å². The summed E-state index contributed by atoms with van der Waals surface area (Å²) in [5.74, 6) is -0.417. The molecular weight excluding hydrogens is 340 g/mol. The van der Waals surface area contributed by atoms with Gasteiger partial charge in [0.2, 0.25) is 0 Å². The lowest BCUT2D eigenvalue weighted by Gasteiger charge is -2.24. The molecule has 1 heterocycles. The third kappa shape index (κ3) is 3.29. The number of nitrogens with one attached hydrogen (secondary N) is 1. The van der Waals surface area contributed by atoms with Crippen molar-refractivity contribution >= 4 is 33.6 Å². The molecule has 0 bridgehead atoms. The molecule has 1 aliphatic rings. The van der Waals surface area contributed by atoms with Gasteiger partial charge in [0, 0.05) is 17.1 Å². The van der Waals surface area contributed by atoms with Gasteiger partial charge >= 0.3 is 12.0 Å². The van der Waals surface area contributed by atoms with E-state index in [0.29, 0.717) is 28.9 Å². The van der Waals surface area contributed by atoms with Crippen molar-refractivity contribution < 1.29 is 19.4 Å². The van der Waals surface area contributed by atoms with Crippen LogP contribution >= 0.6 is 15.9 Å². The maximum absolute atomic E-state index is 12.3. The zero-order valence-corrected chi connectivity index (χ0v) is 13.4. The van der Waals surface area contributed by atoms with Gasteiger partial charge < -0.3 is 20.1 Å². The van der Waals surface area contributed by atoms with Crippen molar-refractivity contribution in [1.29, 1.82) is 0 Å². The van der Waals surface area contributed by atoms with Crippen molar-refractivity contribution in [1.82, 2.24) is 4.90 Å². The van der Waals surface area contributed by atoms with E-state index >= 15 is 0 Å². The van der Waals surface area contributed by atoms with Gasteiger partial charge in [-0.3, -0.25) is 0 Å². The van der Waals surface area contributed by atoms with E-state index in [-0.39, 0.29) is 5.92 Å². The van der Waals surface area contributed by atoms with E-state index in [1.54, 1.807) is 18.2 Å². The molecule has 0 spiro atoms. The summed E-state index contributed by atoms with van der Waals surface area (Å²) in [5, 5.41) is 12.0. The first-order chi connectivity index (χ1) is 9.93. The van der Waals surface area contributed by atoms with Crippen LogP contribution < -0.4 is 10.1 Å². The summed E-state index contributed by atoms with van der Waals surface area (Å²) >= 11 is 3.35. The first-order valence-corrected chi connectivity index (χ1v) is 7.37. The molecule has 114 valence electrons. The van der Waals surface area contributed by atoms with Crippen molar-refractivity contribution in [3.63, 3.8) is 0 Å². The Morgan fingerprint density at radius 2 is 2.19 bits per heavy atom. The summed E-state index contributed by atoms with van der Waals surface area (Å²) in [5.41, 5.74) is 0.544. The summed E-state index contributed by atoms with van der Waals surface area (Å²) in [6.07, 6.45) is 0.684. The highest BCUT2D eigenvalue weighted by atomic mass is 79.9. The number of likely N-dealkylation sites (tertiary alicyclic amines) is 1. The van der Waals surface area contributed by atoms with Gasteiger partial charge in [-0.2, -0.15) is 0 Å². The van der Waals surface area contributed by atoms with Crippen LogP contribution in [-0.4, -0.2) is 41.7 Å². The number of carboxylic acids is 1. The lowest BCUT2D eigenvalue weighted by atomic mass is 10.0. The van der Waals surface area contributed by atoms with E-state index < -0.39 is 18.0 Å². The molecule has 2 rings (SSSR count). The minimum atomic E-state index is -0.972. The van der Waals surface area contributed by atoms with Crippen LogP contribution in [0.15, 0.2) is 22.7 Å². The number of aliphatic carboxylic acids is 1. The van der Waals surface area contributed by atoms with Gasteiger partial charge in [0.05, 0.1) is 12.8 Å². The fourth-order valence-corrected chi connectivity index (χ4v) is 2.81. The van der Waals surface area contributed by atoms with Gasteiger partial charge in [-0.15, -0.1) is 0 Å². The Hall–Kier alpha value is -1.76. The Kier molecular flexibility index (Phi) is 4.72. The minimum absolute atomic E-state index is 0.0537. The van der Waals surface area contributed by atoms with Gasteiger partial charge in [0.25, 0.3) is 0 Å². The van der Waals surface area contributed by atoms with Crippen LogP contribution in [0.25, 0.3) is 0 Å². The zero-order chi connectivity index (χ0) is 15.6. The highest BCUT2D eigenvalue weighted by molar-refractivity contribution is 9.10. The zero-order valence-electron chi connectivity index (χ0n) is 11.8. The summed E-state index contributed by atoms with van der Waals surface area (Å²) in [6.45, 7) is 2.28. The molecule has 0 saturated carbocycles. The smallest absolute Gasteiger partial charge is 0.326 e. The van der Waals surface area contributed by atoms with Gasteiger partial charge in [-0.25, -0.2) is 9.59 Å². The second-order valence-electron chi connectivity index (χ2n) is 5.02. The Labute approximate surface area is 131 Å². The number of benzene rings is 1. The Balaban J connectivity index is 2.16. The molecule has 0 aliphatic carbocycles. The van der Waals surface area contributed by atoms with E-state index in [1.165, 1.54) is 12.0 Å². The first kappa shape index (κ1) is 15.6. The molecule has 2 N–H and O–H groups in total. The second kappa shape index (κ2) is 6.34. The molecule has 1 saturated heterocycles. The number of nitrogens with zero attached hydrogens (tertiary/aromatic N) is 1. The SMILES string of the molecule is COc1ccc(Br)c(NC(=O)N2CCC(C)C2C(=O)O)c1. The molecule has 1 aliphatic heterocycles. The van der Waals surface area contributed by atoms with Crippen molar-refractivity contribution in [3.05, 3.63) is 22.7 Å². The topological polar surface area (TPSA) is 78.9 Å². The Morgan fingerprint density at radius 1 is 1.48 bits per heavy atom. The molecule has 6 nitrogen and oxygen atoms in total. The number of urea groups is 1. The van der Waals surface area contributed by atoms with Crippen LogP contribution in [0.5, 0.6) is 5.75 Å². The number of carboxylic acid groups (broad SMARTS) is 1. The van der Waals surface area contributed by atoms with E-state index in [0.717, 1.165) is 0 Å². The van der Waals surface area contributed by atoms with Crippen LogP contribution in [0.2, 0.25) is 0 Å². The molecule has 21 heavy (non-hydrogen) atoms. The van der Waals surface area contributed by atoms with Gasteiger partial charge in [0.1, 0.15) is 11.8 Å². The summed E-state index contributed by atoms with van der Waals surface area (Å²) in [4.78, 5) is 25.0. The van der Waals surface area contributed by atoms with Gasteiger partial charge in [-0.05, 0) is 40.4 Å². The maximum atomic E-state index is 12.3. The molecular formula is C14H17BrN2O4. The Bertz CT molecular complexity index is 564. The largest absolute Gasteiger partial charge is 0.497 e.